The molecule has 0 aromatic heterocycles. The first-order chi connectivity index (χ1) is 8.29. The first-order valence-corrected chi connectivity index (χ1v) is 7.32. The van der Waals surface area contributed by atoms with Gasteiger partial charge in [-0.15, -0.1) is 0 Å². The van der Waals surface area contributed by atoms with Crippen LogP contribution in [-0.2, 0) is 14.6 Å². The van der Waals surface area contributed by atoms with Gasteiger partial charge in [0.1, 0.15) is 0 Å². The highest BCUT2D eigenvalue weighted by molar-refractivity contribution is 7.93. The zero-order chi connectivity index (χ0) is 13.6. The fourth-order valence-electron chi connectivity index (χ4n) is 2.52. The topological polar surface area (TPSA) is 71.4 Å². The minimum atomic E-state index is -3.81. The maximum Gasteiger partial charge on any atom is 0.325 e. The number of carboxylic acids is 1. The number of hydrogen-bond acceptors (Lipinski definition) is 3. The maximum atomic E-state index is 12.5. The predicted molar refractivity (Wildman–Crippen MR) is 67.1 cm³/mol. The molecule has 2 rings (SSSR count). The van der Waals surface area contributed by atoms with E-state index in [0.29, 0.717) is 0 Å². The molecule has 0 spiro atoms. The molecule has 0 aliphatic heterocycles. The fraction of sp³-hybridized carbons (Fsp3) is 0.462. The molecule has 1 aromatic carbocycles. The summed E-state index contributed by atoms with van der Waals surface area (Å²) in [6, 6.07) is 6.34. The van der Waals surface area contributed by atoms with Crippen LogP contribution in [-0.4, -0.2) is 24.2 Å². The minimum Gasteiger partial charge on any atom is -0.480 e. The average molecular weight is 268 g/mol. The number of carbonyl (C=O) groups is 1. The van der Waals surface area contributed by atoms with Crippen molar-refractivity contribution in [2.75, 3.05) is 0 Å². The Morgan fingerprint density at radius 1 is 1.28 bits per heavy atom. The van der Waals surface area contributed by atoms with Crippen LogP contribution in [0.4, 0.5) is 0 Å². The number of aliphatic carboxylic acids is 1. The fourth-order valence-corrected chi connectivity index (χ4v) is 4.70. The van der Waals surface area contributed by atoms with Crippen LogP contribution in [0.15, 0.2) is 29.2 Å². The Hall–Kier alpha value is -1.36. The maximum absolute atomic E-state index is 12.5. The SMILES string of the molecule is Cc1ccc(S(=O)(=O)C2(C(=O)O)CC(C)C2)cc1. The zero-order valence-electron chi connectivity index (χ0n) is 10.4. The van der Waals surface area contributed by atoms with Gasteiger partial charge >= 0.3 is 5.97 Å². The first kappa shape index (κ1) is 13.1. The molecule has 0 heterocycles. The van der Waals surface area contributed by atoms with Crippen LogP contribution in [0.25, 0.3) is 0 Å². The van der Waals surface area contributed by atoms with Crippen molar-refractivity contribution >= 4 is 15.8 Å². The Labute approximate surface area is 107 Å². The van der Waals surface area contributed by atoms with Crippen molar-refractivity contribution in [3.63, 3.8) is 0 Å². The summed E-state index contributed by atoms with van der Waals surface area (Å²) in [6.07, 6.45) is 0.386. The summed E-state index contributed by atoms with van der Waals surface area (Å²) in [6.45, 7) is 3.72. The van der Waals surface area contributed by atoms with Crippen LogP contribution in [0.5, 0.6) is 0 Å². The minimum absolute atomic E-state index is 0.0994. The number of sulfone groups is 1. The van der Waals surface area contributed by atoms with Gasteiger partial charge < -0.3 is 5.11 Å². The van der Waals surface area contributed by atoms with Crippen molar-refractivity contribution in [3.05, 3.63) is 29.8 Å². The third kappa shape index (κ3) is 1.73. The van der Waals surface area contributed by atoms with Crippen LogP contribution in [0, 0.1) is 12.8 Å². The van der Waals surface area contributed by atoms with E-state index in [2.05, 4.69) is 0 Å². The summed E-state index contributed by atoms with van der Waals surface area (Å²) < 4.78 is 23.3. The summed E-state index contributed by atoms with van der Waals surface area (Å²) >= 11 is 0. The van der Waals surface area contributed by atoms with Crippen molar-refractivity contribution in [1.82, 2.24) is 0 Å². The molecule has 0 saturated heterocycles. The number of benzene rings is 1. The summed E-state index contributed by atoms with van der Waals surface area (Å²) in [7, 11) is -3.81. The van der Waals surface area contributed by atoms with Gasteiger partial charge in [-0.2, -0.15) is 0 Å². The van der Waals surface area contributed by atoms with Gasteiger partial charge in [-0.1, -0.05) is 24.6 Å². The highest BCUT2D eigenvalue weighted by Gasteiger charge is 2.59. The molecule has 1 aliphatic rings. The second-order valence-corrected chi connectivity index (χ2v) is 7.39. The first-order valence-electron chi connectivity index (χ1n) is 5.84. The Morgan fingerprint density at radius 3 is 2.17 bits per heavy atom. The van der Waals surface area contributed by atoms with E-state index in [4.69, 9.17) is 0 Å². The monoisotopic (exact) mass is 268 g/mol. The van der Waals surface area contributed by atoms with Crippen molar-refractivity contribution in [3.8, 4) is 0 Å². The van der Waals surface area contributed by atoms with E-state index in [0.717, 1.165) is 5.56 Å². The zero-order valence-corrected chi connectivity index (χ0v) is 11.2. The molecule has 4 nitrogen and oxygen atoms in total. The van der Waals surface area contributed by atoms with Gasteiger partial charge in [0.25, 0.3) is 0 Å². The summed E-state index contributed by atoms with van der Waals surface area (Å²) in [5.41, 5.74) is 0.945. The molecule has 0 atom stereocenters. The molecule has 0 bridgehead atoms. The van der Waals surface area contributed by atoms with Crippen molar-refractivity contribution < 1.29 is 18.3 Å². The highest BCUT2D eigenvalue weighted by atomic mass is 32.2. The molecule has 0 amide bonds. The van der Waals surface area contributed by atoms with Crippen molar-refractivity contribution in [2.24, 2.45) is 5.92 Å². The third-order valence-corrected chi connectivity index (χ3v) is 6.02. The molecular formula is C13H16O4S. The second-order valence-electron chi connectivity index (χ2n) is 5.13. The molecule has 1 N–H and O–H groups in total. The van der Waals surface area contributed by atoms with Crippen molar-refractivity contribution in [1.29, 1.82) is 0 Å². The highest BCUT2D eigenvalue weighted by Crippen LogP contribution is 2.46. The molecule has 18 heavy (non-hydrogen) atoms. The number of carboxylic acid groups (broad SMARTS) is 1. The van der Waals surface area contributed by atoms with Crippen LogP contribution >= 0.6 is 0 Å². The Bertz CT molecular complexity index is 566. The number of hydrogen-bond donors (Lipinski definition) is 1. The molecule has 5 heteroatoms. The quantitative estimate of drug-likeness (QED) is 0.910. The molecule has 98 valence electrons. The molecular weight excluding hydrogens is 252 g/mol. The predicted octanol–water partition coefficient (Wildman–Crippen LogP) is 2.02. The van der Waals surface area contributed by atoms with Crippen molar-refractivity contribution in [2.45, 2.75) is 36.3 Å². The standard InChI is InChI=1S/C13H16O4S/c1-9-3-5-11(6-4-9)18(16,17)13(12(14)15)7-10(2)8-13/h3-6,10H,7-8H2,1-2H3,(H,14,15). The van der Waals surface area contributed by atoms with E-state index in [-0.39, 0.29) is 23.7 Å². The number of aryl methyl sites for hydroxylation is 1. The molecule has 1 aromatic rings. The van der Waals surface area contributed by atoms with E-state index >= 15 is 0 Å². The lowest BCUT2D eigenvalue weighted by Crippen LogP contribution is -2.55. The van der Waals surface area contributed by atoms with Crippen LogP contribution in [0.1, 0.15) is 25.3 Å². The Kier molecular flexibility index (Phi) is 2.97. The van der Waals surface area contributed by atoms with E-state index in [1.807, 2.05) is 13.8 Å². The second kappa shape index (κ2) is 4.09. The van der Waals surface area contributed by atoms with Crippen LogP contribution < -0.4 is 0 Å². The van der Waals surface area contributed by atoms with Gasteiger partial charge in [-0.05, 0) is 37.8 Å². The Balaban J connectivity index is 2.48. The lowest BCUT2D eigenvalue weighted by Gasteiger charge is -2.41. The third-order valence-electron chi connectivity index (χ3n) is 3.59. The summed E-state index contributed by atoms with van der Waals surface area (Å²) in [5.74, 6) is -1.09. The smallest absolute Gasteiger partial charge is 0.325 e. The van der Waals surface area contributed by atoms with Gasteiger partial charge in [-0.25, -0.2) is 8.42 Å². The van der Waals surface area contributed by atoms with E-state index in [9.17, 15) is 18.3 Å². The molecule has 0 unspecified atom stereocenters. The van der Waals surface area contributed by atoms with Gasteiger partial charge in [-0.3, -0.25) is 4.79 Å². The molecule has 1 fully saturated rings. The average Bonchev–Trinajstić information content (AvgIpc) is 2.24. The Morgan fingerprint density at radius 2 is 1.78 bits per heavy atom. The van der Waals surface area contributed by atoms with Gasteiger partial charge in [0.05, 0.1) is 4.90 Å². The van der Waals surface area contributed by atoms with Gasteiger partial charge in [0.15, 0.2) is 14.6 Å². The number of rotatable bonds is 3. The van der Waals surface area contributed by atoms with E-state index < -0.39 is 20.6 Å². The molecule has 1 aliphatic carbocycles. The normalized spacial score (nSPS) is 27.6. The summed E-state index contributed by atoms with van der Waals surface area (Å²) in [4.78, 5) is 11.5. The lowest BCUT2D eigenvalue weighted by atomic mass is 9.75. The summed E-state index contributed by atoms with van der Waals surface area (Å²) in [5, 5.41) is 9.27. The van der Waals surface area contributed by atoms with E-state index in [1.165, 1.54) is 12.1 Å². The largest absolute Gasteiger partial charge is 0.480 e. The molecule has 1 saturated carbocycles. The van der Waals surface area contributed by atoms with E-state index in [1.54, 1.807) is 12.1 Å². The van der Waals surface area contributed by atoms with Crippen LogP contribution in [0.2, 0.25) is 0 Å². The van der Waals surface area contributed by atoms with Gasteiger partial charge in [0, 0.05) is 0 Å². The van der Waals surface area contributed by atoms with Gasteiger partial charge in [0.2, 0.25) is 0 Å². The lowest BCUT2D eigenvalue weighted by molar-refractivity contribution is -0.143. The molecule has 0 radical (unpaired) electrons. The van der Waals surface area contributed by atoms with Crippen LogP contribution in [0.3, 0.4) is 0 Å².